The van der Waals surface area contributed by atoms with E-state index in [1.807, 2.05) is 35.5 Å². The number of allylic oxidation sites excluding steroid dienone is 1. The minimum atomic E-state index is 0.0381. The Morgan fingerprint density at radius 2 is 2.21 bits per heavy atom. The van der Waals surface area contributed by atoms with Crippen molar-refractivity contribution < 1.29 is 4.79 Å². The summed E-state index contributed by atoms with van der Waals surface area (Å²) in [6, 6.07) is 3.19. The zero-order valence-electron chi connectivity index (χ0n) is 16.5. The van der Waals surface area contributed by atoms with E-state index < -0.39 is 0 Å². The van der Waals surface area contributed by atoms with Crippen LogP contribution < -0.4 is 5.32 Å². The molecule has 1 N–H and O–H groups in total. The maximum Gasteiger partial charge on any atom is 0.252 e. The fraction of sp³-hybridized carbons (Fsp3) is 0.381. The molecule has 1 amide bonds. The number of nitrogens with one attached hydrogen (secondary N) is 1. The van der Waals surface area contributed by atoms with Gasteiger partial charge in [0, 0.05) is 42.8 Å². The van der Waals surface area contributed by atoms with Crippen LogP contribution in [0.4, 0.5) is 0 Å². The van der Waals surface area contributed by atoms with Gasteiger partial charge in [0.05, 0.1) is 40.3 Å². The van der Waals surface area contributed by atoms with Gasteiger partial charge < -0.3 is 15.1 Å². The van der Waals surface area contributed by atoms with Gasteiger partial charge in [-0.1, -0.05) is 14.7 Å². The Balaban J connectivity index is 1.30. The number of nitrogens with zero attached hydrogens (tertiary/aromatic N) is 5. The number of piperazine rings is 1. The van der Waals surface area contributed by atoms with Crippen molar-refractivity contribution in [3.63, 3.8) is 0 Å². The Bertz CT molecular complexity index is 1130. The predicted octanol–water partition coefficient (Wildman–Crippen LogP) is 1.99. The highest BCUT2D eigenvalue weighted by atomic mass is 31.1. The van der Waals surface area contributed by atoms with E-state index in [0.29, 0.717) is 20.7 Å². The van der Waals surface area contributed by atoms with Gasteiger partial charge in [0.25, 0.3) is 5.91 Å². The fourth-order valence-corrected chi connectivity index (χ4v) is 6.21. The van der Waals surface area contributed by atoms with Crippen molar-refractivity contribution in [2.24, 2.45) is 0 Å². The van der Waals surface area contributed by atoms with E-state index in [0.717, 1.165) is 46.7 Å². The van der Waals surface area contributed by atoms with E-state index in [4.69, 9.17) is 5.10 Å². The molecule has 2 saturated heterocycles. The molecule has 2 aromatic heterocycles. The first-order chi connectivity index (χ1) is 14.0. The van der Waals surface area contributed by atoms with E-state index >= 15 is 0 Å². The summed E-state index contributed by atoms with van der Waals surface area (Å²) < 4.78 is 1.88. The molecular weight excluding hydrogens is 383 g/mol. The molecule has 0 spiro atoms. The summed E-state index contributed by atoms with van der Waals surface area (Å²) in [7, 11) is 0.475. The van der Waals surface area contributed by atoms with Gasteiger partial charge in [0.15, 0.2) is 0 Å². The zero-order valence-corrected chi connectivity index (χ0v) is 17.5. The number of hydrogen-bond donors (Lipinski definition) is 1. The zero-order chi connectivity index (χ0) is 19.7. The number of carbonyl (C=O) groups is 1. The molecule has 0 saturated carbocycles. The van der Waals surface area contributed by atoms with Gasteiger partial charge in [-0.3, -0.25) is 9.78 Å². The van der Waals surface area contributed by atoms with Gasteiger partial charge >= 0.3 is 0 Å². The van der Waals surface area contributed by atoms with Crippen LogP contribution in [0.3, 0.4) is 0 Å². The van der Waals surface area contributed by atoms with Gasteiger partial charge in [-0.15, -0.1) is 0 Å². The number of likely N-dealkylation sites (tertiary alicyclic amines) is 1. The van der Waals surface area contributed by atoms with Crippen molar-refractivity contribution in [3.05, 3.63) is 59.5 Å². The van der Waals surface area contributed by atoms with Crippen molar-refractivity contribution >= 4 is 25.3 Å². The summed E-state index contributed by atoms with van der Waals surface area (Å²) in [4.78, 5) is 21.8. The first-order valence-corrected chi connectivity index (χ1v) is 11.2. The van der Waals surface area contributed by atoms with Crippen molar-refractivity contribution in [1.82, 2.24) is 29.7 Å². The lowest BCUT2D eigenvalue weighted by Gasteiger charge is -2.37. The Labute approximate surface area is 170 Å². The van der Waals surface area contributed by atoms with Crippen molar-refractivity contribution in [2.45, 2.75) is 38.1 Å². The largest absolute Gasteiger partial charge is 0.364 e. The Morgan fingerprint density at radius 1 is 1.31 bits per heavy atom. The van der Waals surface area contributed by atoms with Crippen molar-refractivity contribution in [2.75, 3.05) is 13.1 Å². The van der Waals surface area contributed by atoms with Crippen LogP contribution in [-0.2, 0) is 4.79 Å². The molecule has 4 aliphatic heterocycles. The molecular formula is C21H23N6OP. The van der Waals surface area contributed by atoms with E-state index in [9.17, 15) is 4.79 Å². The third kappa shape index (κ3) is 2.75. The highest BCUT2D eigenvalue weighted by Gasteiger charge is 2.39. The topological polar surface area (TPSA) is 65.8 Å². The second-order valence-corrected chi connectivity index (χ2v) is 9.70. The minimum absolute atomic E-state index is 0.0381. The Kier molecular flexibility index (Phi) is 3.74. The normalized spacial score (nSPS) is 29.0. The molecule has 2 aromatic rings. The van der Waals surface area contributed by atoms with Crippen LogP contribution in [-0.4, -0.2) is 61.3 Å². The second-order valence-electron chi connectivity index (χ2n) is 8.28. The molecule has 8 heteroatoms. The summed E-state index contributed by atoms with van der Waals surface area (Å²) >= 11 is 0. The smallest absolute Gasteiger partial charge is 0.252 e. The van der Waals surface area contributed by atoms with Gasteiger partial charge in [0.2, 0.25) is 0 Å². The van der Waals surface area contributed by atoms with Crippen LogP contribution in [0, 0.1) is 13.8 Å². The van der Waals surface area contributed by atoms with Gasteiger partial charge in [-0.25, -0.2) is 4.52 Å². The van der Waals surface area contributed by atoms with Crippen LogP contribution in [0.2, 0.25) is 0 Å². The second kappa shape index (κ2) is 6.25. The summed E-state index contributed by atoms with van der Waals surface area (Å²) in [5.74, 6) is 0.117. The lowest BCUT2D eigenvalue weighted by atomic mass is 10.2. The maximum atomic E-state index is 13.0. The van der Waals surface area contributed by atoms with Gasteiger partial charge in [-0.2, -0.15) is 5.10 Å². The van der Waals surface area contributed by atoms with Gasteiger partial charge in [-0.05, 0) is 32.4 Å². The highest BCUT2D eigenvalue weighted by molar-refractivity contribution is 7.51. The first kappa shape index (κ1) is 17.4. The molecule has 148 valence electrons. The summed E-state index contributed by atoms with van der Waals surface area (Å²) in [6.45, 7) is 6.04. The highest BCUT2D eigenvalue weighted by Crippen LogP contribution is 2.45. The van der Waals surface area contributed by atoms with E-state index in [2.05, 4.69) is 33.6 Å². The molecule has 29 heavy (non-hydrogen) atoms. The number of aromatic nitrogens is 3. The average Bonchev–Trinajstić information content (AvgIpc) is 3.43. The SMILES string of the molecule is Cc1cn2nc(C3=CC(=O)N4C=C(N5C[C@@H]6C[C@H]5CN6)C=CC4P3)cc2c(C)n1. The lowest BCUT2D eigenvalue weighted by Crippen LogP contribution is -2.44. The number of aryl methyl sites for hydroxylation is 2. The maximum absolute atomic E-state index is 13.0. The van der Waals surface area contributed by atoms with E-state index in [1.54, 1.807) is 6.08 Å². The average molecular weight is 406 g/mol. The summed E-state index contributed by atoms with van der Waals surface area (Å²) in [5, 5.41) is 9.28. The third-order valence-corrected chi connectivity index (χ3v) is 7.75. The minimum Gasteiger partial charge on any atom is -0.364 e. The predicted molar refractivity (Wildman–Crippen MR) is 114 cm³/mol. The van der Waals surface area contributed by atoms with Crippen LogP contribution in [0.25, 0.3) is 10.8 Å². The molecule has 4 aliphatic rings. The first-order valence-electron chi connectivity index (χ1n) is 10.1. The van der Waals surface area contributed by atoms with Crippen LogP contribution in [0.15, 0.2) is 42.4 Å². The standard InChI is InChI=1S/C21H23N6OP/c1-12-9-27-18(13(2)23-12)6-17(24-27)19-7-20(28)26-11-15(3-4-21(26)29-19)25-10-14-5-16(25)8-22-14/h3-4,6-7,9,11,14,16,21-22,29H,5,8,10H2,1-2H3/t14-,16-,21?/m0/s1. The number of amides is 1. The molecule has 2 bridgehead atoms. The van der Waals surface area contributed by atoms with Crippen LogP contribution >= 0.6 is 8.58 Å². The molecule has 6 rings (SSSR count). The number of fused-ring (bicyclic) bond motifs is 4. The Hall–Kier alpha value is -2.50. The molecule has 2 unspecified atom stereocenters. The van der Waals surface area contributed by atoms with E-state index in [-0.39, 0.29) is 11.7 Å². The van der Waals surface area contributed by atoms with E-state index in [1.165, 1.54) is 6.42 Å². The fourth-order valence-electron chi connectivity index (χ4n) is 4.88. The molecule has 0 aliphatic carbocycles. The summed E-state index contributed by atoms with van der Waals surface area (Å²) in [5.41, 5.74) is 4.92. The third-order valence-electron chi connectivity index (χ3n) is 6.27. The lowest BCUT2D eigenvalue weighted by molar-refractivity contribution is -0.123. The molecule has 0 aromatic carbocycles. The molecule has 7 nitrogen and oxygen atoms in total. The molecule has 4 atom stereocenters. The monoisotopic (exact) mass is 406 g/mol. The Morgan fingerprint density at radius 3 is 3.00 bits per heavy atom. The van der Waals surface area contributed by atoms with Crippen molar-refractivity contribution in [3.8, 4) is 0 Å². The van der Waals surface area contributed by atoms with Gasteiger partial charge in [0.1, 0.15) is 0 Å². The molecule has 0 radical (unpaired) electrons. The number of hydrogen-bond acceptors (Lipinski definition) is 5. The van der Waals surface area contributed by atoms with Crippen LogP contribution in [0.5, 0.6) is 0 Å². The molecule has 6 heterocycles. The number of rotatable bonds is 2. The van der Waals surface area contributed by atoms with Crippen molar-refractivity contribution in [1.29, 1.82) is 0 Å². The van der Waals surface area contributed by atoms with Crippen LogP contribution in [0.1, 0.15) is 23.5 Å². The quantitative estimate of drug-likeness (QED) is 0.773. The number of carbonyl (C=O) groups excluding carboxylic acids is 1. The molecule has 2 fully saturated rings. The summed E-state index contributed by atoms with van der Waals surface area (Å²) in [6.07, 6.45) is 11.3.